The zero-order valence-corrected chi connectivity index (χ0v) is 13.5. The Morgan fingerprint density at radius 1 is 0.739 bits per heavy atom. The summed E-state index contributed by atoms with van der Waals surface area (Å²) in [6, 6.07) is 0. The van der Waals surface area contributed by atoms with Crippen LogP contribution >= 0.6 is 0 Å². The number of nitrogens with zero attached hydrogens (tertiary/aromatic N) is 1. The maximum Gasteiger partial charge on any atom is 0.222 e. The van der Waals surface area contributed by atoms with Crippen molar-refractivity contribution < 1.29 is 33.6 Å². The van der Waals surface area contributed by atoms with E-state index in [0.717, 1.165) is 0 Å². The average Bonchev–Trinajstić information content (AvgIpc) is 2.53. The summed E-state index contributed by atoms with van der Waals surface area (Å²) >= 11 is 0. The molecule has 134 valence electrons. The number of amides is 1. The van der Waals surface area contributed by atoms with Crippen molar-refractivity contribution in [3.05, 3.63) is 0 Å². The molecule has 0 bridgehead atoms. The van der Waals surface area contributed by atoms with Crippen molar-refractivity contribution >= 4 is 11.9 Å². The van der Waals surface area contributed by atoms with Crippen molar-refractivity contribution in [3.63, 3.8) is 0 Å². The van der Waals surface area contributed by atoms with Crippen molar-refractivity contribution in [1.29, 1.82) is 0 Å². The highest BCUT2D eigenvalue weighted by Crippen LogP contribution is 2.01. The molecule has 0 saturated carbocycles. The van der Waals surface area contributed by atoms with Gasteiger partial charge >= 0.3 is 0 Å². The first-order valence-electron chi connectivity index (χ1n) is 7.98. The van der Waals surface area contributed by atoms with Gasteiger partial charge in [-0.1, -0.05) is 0 Å². The van der Waals surface area contributed by atoms with Crippen molar-refractivity contribution in [2.45, 2.75) is 19.3 Å². The zero-order valence-electron chi connectivity index (χ0n) is 13.5. The Labute approximate surface area is 136 Å². The van der Waals surface area contributed by atoms with Gasteiger partial charge in [-0.05, 0) is 12.8 Å². The predicted molar refractivity (Wildman–Crippen MR) is 78.7 cm³/mol. The first kappa shape index (κ1) is 19.8. The molecule has 1 fully saturated rings. The van der Waals surface area contributed by atoms with Crippen LogP contribution < -0.4 is 5.11 Å². The van der Waals surface area contributed by atoms with Crippen molar-refractivity contribution in [2.24, 2.45) is 0 Å². The second-order valence-electron chi connectivity index (χ2n) is 5.06. The van der Waals surface area contributed by atoms with Gasteiger partial charge in [-0.25, -0.2) is 0 Å². The number of hydrogen-bond donors (Lipinski definition) is 0. The highest BCUT2D eigenvalue weighted by atomic mass is 16.6. The van der Waals surface area contributed by atoms with E-state index in [2.05, 4.69) is 0 Å². The fraction of sp³-hybridized carbons (Fsp3) is 0.867. The fourth-order valence-electron chi connectivity index (χ4n) is 2.01. The highest BCUT2D eigenvalue weighted by molar-refractivity contribution is 5.76. The summed E-state index contributed by atoms with van der Waals surface area (Å²) in [5.74, 6) is -1.24. The summed E-state index contributed by atoms with van der Waals surface area (Å²) in [5, 5.41) is 10.4. The first-order valence-corrected chi connectivity index (χ1v) is 7.98. The molecule has 1 aliphatic heterocycles. The molecule has 0 N–H and O–H groups in total. The molecule has 0 atom stereocenters. The lowest BCUT2D eigenvalue weighted by atomic mass is 10.2. The van der Waals surface area contributed by atoms with Gasteiger partial charge in [-0.2, -0.15) is 0 Å². The molecule has 8 nitrogen and oxygen atoms in total. The van der Waals surface area contributed by atoms with Crippen LogP contribution in [0.5, 0.6) is 0 Å². The number of rotatable bonds is 4. The van der Waals surface area contributed by atoms with Crippen LogP contribution in [0.15, 0.2) is 0 Å². The van der Waals surface area contributed by atoms with E-state index < -0.39 is 5.97 Å². The number of carboxylic acids is 1. The third kappa shape index (κ3) is 11.0. The molecule has 1 heterocycles. The quantitative estimate of drug-likeness (QED) is 0.639. The van der Waals surface area contributed by atoms with Gasteiger partial charge in [0.15, 0.2) is 0 Å². The van der Waals surface area contributed by atoms with E-state index in [1.807, 2.05) is 0 Å². The second kappa shape index (κ2) is 13.2. The molecule has 8 heteroatoms. The van der Waals surface area contributed by atoms with E-state index in [4.69, 9.17) is 18.9 Å². The van der Waals surface area contributed by atoms with Crippen LogP contribution in [0.1, 0.15) is 19.3 Å². The van der Waals surface area contributed by atoms with Gasteiger partial charge in [-0.3, -0.25) is 4.79 Å². The molecular weight excluding hydrogens is 306 g/mol. The largest absolute Gasteiger partial charge is 0.550 e. The summed E-state index contributed by atoms with van der Waals surface area (Å²) in [4.78, 5) is 24.2. The summed E-state index contributed by atoms with van der Waals surface area (Å²) in [5.41, 5.74) is 0. The van der Waals surface area contributed by atoms with Gasteiger partial charge in [0, 0.05) is 25.5 Å². The van der Waals surface area contributed by atoms with Crippen molar-refractivity contribution in [1.82, 2.24) is 4.90 Å². The molecule has 23 heavy (non-hydrogen) atoms. The second-order valence-corrected chi connectivity index (χ2v) is 5.06. The molecule has 0 aromatic rings. The summed E-state index contributed by atoms with van der Waals surface area (Å²) < 4.78 is 21.5. The summed E-state index contributed by atoms with van der Waals surface area (Å²) in [6.45, 7) is 4.65. The van der Waals surface area contributed by atoms with E-state index in [1.165, 1.54) is 0 Å². The molecule has 1 rings (SSSR count). The van der Waals surface area contributed by atoms with Crippen molar-refractivity contribution in [2.75, 3.05) is 65.9 Å². The normalized spacial score (nSPS) is 19.6. The standard InChI is InChI=1S/C15H27NO7/c17-14(2-1-3-15(18)19)16-4-6-20-8-10-22-12-13-23-11-9-21-7-5-16/h1-13H2,(H,18,19)/p-1. The third-order valence-electron chi connectivity index (χ3n) is 3.25. The lowest BCUT2D eigenvalue weighted by Gasteiger charge is -2.23. The number of hydrogen-bond acceptors (Lipinski definition) is 7. The van der Waals surface area contributed by atoms with Gasteiger partial charge in [0.25, 0.3) is 0 Å². The Morgan fingerprint density at radius 2 is 1.17 bits per heavy atom. The minimum atomic E-state index is -1.14. The Morgan fingerprint density at radius 3 is 1.61 bits per heavy atom. The predicted octanol–water partition coefficient (Wildman–Crippen LogP) is -1.18. The lowest BCUT2D eigenvalue weighted by Crippen LogP contribution is -2.37. The maximum absolute atomic E-state index is 12.1. The average molecular weight is 332 g/mol. The van der Waals surface area contributed by atoms with E-state index in [0.29, 0.717) is 65.9 Å². The van der Waals surface area contributed by atoms with E-state index in [-0.39, 0.29) is 25.2 Å². The maximum atomic E-state index is 12.1. The van der Waals surface area contributed by atoms with Gasteiger partial charge < -0.3 is 33.7 Å². The molecule has 1 saturated heterocycles. The lowest BCUT2D eigenvalue weighted by molar-refractivity contribution is -0.305. The number of carbonyl (C=O) groups is 2. The molecular formula is C15H26NO7-. The van der Waals surface area contributed by atoms with Crippen LogP contribution in [-0.4, -0.2) is 82.7 Å². The van der Waals surface area contributed by atoms with Crippen LogP contribution in [0.25, 0.3) is 0 Å². The van der Waals surface area contributed by atoms with Gasteiger partial charge in [-0.15, -0.1) is 0 Å². The summed E-state index contributed by atoms with van der Waals surface area (Å²) in [7, 11) is 0. The van der Waals surface area contributed by atoms with E-state index >= 15 is 0 Å². The smallest absolute Gasteiger partial charge is 0.222 e. The zero-order chi connectivity index (χ0) is 16.8. The van der Waals surface area contributed by atoms with E-state index in [1.54, 1.807) is 4.90 Å². The highest BCUT2D eigenvalue weighted by Gasteiger charge is 2.13. The monoisotopic (exact) mass is 332 g/mol. The molecule has 1 aliphatic rings. The fourth-order valence-corrected chi connectivity index (χ4v) is 2.01. The third-order valence-corrected chi connectivity index (χ3v) is 3.25. The Balaban J connectivity index is 2.35. The Bertz CT molecular complexity index is 322. The van der Waals surface area contributed by atoms with E-state index in [9.17, 15) is 14.7 Å². The van der Waals surface area contributed by atoms with Crippen molar-refractivity contribution in [3.8, 4) is 0 Å². The SMILES string of the molecule is O=C([O-])CCCC(=O)N1CCOCCOCCOCCOCC1. The van der Waals surface area contributed by atoms with Crippen LogP contribution in [-0.2, 0) is 28.5 Å². The number of carboxylic acid groups (broad SMARTS) is 1. The van der Waals surface area contributed by atoms with Gasteiger partial charge in [0.1, 0.15) is 0 Å². The Kier molecular flexibility index (Phi) is 11.4. The molecule has 0 aromatic heterocycles. The van der Waals surface area contributed by atoms with Crippen LogP contribution in [0.3, 0.4) is 0 Å². The molecule has 0 radical (unpaired) electrons. The van der Waals surface area contributed by atoms with Gasteiger partial charge in [0.05, 0.1) is 52.9 Å². The molecule has 0 unspecified atom stereocenters. The molecule has 0 aliphatic carbocycles. The number of ether oxygens (including phenoxy) is 4. The van der Waals surface area contributed by atoms with Gasteiger partial charge in [0.2, 0.25) is 5.91 Å². The first-order chi connectivity index (χ1) is 11.2. The molecule has 1 amide bonds. The number of aliphatic carboxylic acids is 1. The van der Waals surface area contributed by atoms with Crippen LogP contribution in [0.4, 0.5) is 0 Å². The van der Waals surface area contributed by atoms with Crippen LogP contribution in [0, 0.1) is 0 Å². The minimum absolute atomic E-state index is 0.102. The summed E-state index contributed by atoms with van der Waals surface area (Å²) in [6.07, 6.45) is 0.350. The minimum Gasteiger partial charge on any atom is -0.550 e. The topological polar surface area (TPSA) is 97.4 Å². The molecule has 0 aromatic carbocycles. The number of carbonyl (C=O) groups excluding carboxylic acids is 2. The van der Waals surface area contributed by atoms with Crippen LogP contribution in [0.2, 0.25) is 0 Å². The Hall–Kier alpha value is -1.22. The molecule has 0 spiro atoms.